The molecule has 22 heavy (non-hydrogen) atoms. The molecule has 1 saturated carbocycles. The number of hydrogen-bond acceptors (Lipinski definition) is 3. The molecule has 0 spiro atoms. The molecule has 2 fully saturated rings. The number of rotatable bonds is 3. The highest BCUT2D eigenvalue weighted by Crippen LogP contribution is 2.28. The Hall–Kier alpha value is -2.05. The molecule has 120 valence electrons. The maximum absolute atomic E-state index is 12.4. The van der Waals surface area contributed by atoms with E-state index in [9.17, 15) is 9.59 Å². The van der Waals surface area contributed by atoms with Crippen LogP contribution in [-0.4, -0.2) is 57.3 Å². The van der Waals surface area contributed by atoms with Gasteiger partial charge in [-0.3, -0.25) is 14.4 Å². The first-order valence-electron chi connectivity index (χ1n) is 8.01. The SMILES string of the molecule is CCN1CN(C(=O)N[C@H]2CCCC[C@@H]2n2cccn2)CC1=O. The Morgan fingerprint density at radius 1 is 1.41 bits per heavy atom. The zero-order valence-electron chi connectivity index (χ0n) is 12.9. The van der Waals surface area contributed by atoms with Gasteiger partial charge >= 0.3 is 6.03 Å². The van der Waals surface area contributed by atoms with Crippen molar-refractivity contribution >= 4 is 11.9 Å². The molecule has 0 bridgehead atoms. The lowest BCUT2D eigenvalue weighted by Gasteiger charge is -2.33. The third-order valence-electron chi connectivity index (χ3n) is 4.59. The number of amides is 3. The second kappa shape index (κ2) is 6.37. The minimum Gasteiger partial charge on any atom is -0.333 e. The van der Waals surface area contributed by atoms with Crippen LogP contribution in [0.5, 0.6) is 0 Å². The summed E-state index contributed by atoms with van der Waals surface area (Å²) in [6, 6.07) is 2.04. The molecule has 7 nitrogen and oxygen atoms in total. The smallest absolute Gasteiger partial charge is 0.319 e. The standard InChI is InChI=1S/C15H23N5O2/c1-2-18-11-19(10-14(18)21)15(22)17-12-6-3-4-7-13(12)20-9-5-8-16-20/h5,8-9,12-13H,2-4,6-7,10-11H2,1H3,(H,17,22)/t12-,13-/m0/s1. The maximum Gasteiger partial charge on any atom is 0.319 e. The van der Waals surface area contributed by atoms with Gasteiger partial charge in [0, 0.05) is 18.9 Å². The van der Waals surface area contributed by atoms with Crippen molar-refractivity contribution in [3.05, 3.63) is 18.5 Å². The van der Waals surface area contributed by atoms with Crippen molar-refractivity contribution in [3.8, 4) is 0 Å². The summed E-state index contributed by atoms with van der Waals surface area (Å²) in [5.41, 5.74) is 0. The molecule has 1 aromatic heterocycles. The molecule has 1 aliphatic heterocycles. The Kier molecular flexibility index (Phi) is 4.31. The van der Waals surface area contributed by atoms with Crippen LogP contribution in [0.2, 0.25) is 0 Å². The van der Waals surface area contributed by atoms with E-state index in [2.05, 4.69) is 10.4 Å². The minimum atomic E-state index is -0.145. The number of carbonyl (C=O) groups excluding carboxylic acids is 2. The minimum absolute atomic E-state index is 0.0184. The number of nitrogens with one attached hydrogen (secondary N) is 1. The van der Waals surface area contributed by atoms with Gasteiger partial charge in [-0.2, -0.15) is 5.10 Å². The van der Waals surface area contributed by atoms with Crippen LogP contribution in [0.15, 0.2) is 18.5 Å². The maximum atomic E-state index is 12.4. The molecular weight excluding hydrogens is 282 g/mol. The number of nitrogens with zero attached hydrogens (tertiary/aromatic N) is 4. The van der Waals surface area contributed by atoms with E-state index in [1.54, 1.807) is 16.0 Å². The fourth-order valence-electron chi connectivity index (χ4n) is 3.33. The van der Waals surface area contributed by atoms with Crippen LogP contribution in [0.1, 0.15) is 38.6 Å². The molecule has 2 atom stereocenters. The summed E-state index contributed by atoms with van der Waals surface area (Å²) in [7, 11) is 0. The molecule has 1 N–H and O–H groups in total. The number of urea groups is 1. The molecule has 1 saturated heterocycles. The van der Waals surface area contributed by atoms with Crippen LogP contribution >= 0.6 is 0 Å². The summed E-state index contributed by atoms with van der Waals surface area (Å²) in [4.78, 5) is 27.5. The van der Waals surface area contributed by atoms with Gasteiger partial charge in [0.05, 0.1) is 18.8 Å². The Morgan fingerprint density at radius 2 is 2.23 bits per heavy atom. The van der Waals surface area contributed by atoms with Gasteiger partial charge in [0.2, 0.25) is 5.91 Å². The van der Waals surface area contributed by atoms with Gasteiger partial charge in [0.15, 0.2) is 0 Å². The van der Waals surface area contributed by atoms with Gasteiger partial charge in [-0.15, -0.1) is 0 Å². The number of carbonyl (C=O) groups is 2. The fourth-order valence-corrected chi connectivity index (χ4v) is 3.33. The Labute approximate surface area is 130 Å². The van der Waals surface area contributed by atoms with Crippen molar-refractivity contribution in [3.63, 3.8) is 0 Å². The van der Waals surface area contributed by atoms with E-state index in [1.165, 1.54) is 0 Å². The zero-order chi connectivity index (χ0) is 15.5. The Balaban J connectivity index is 1.63. The predicted octanol–water partition coefficient (Wildman–Crippen LogP) is 1.20. The van der Waals surface area contributed by atoms with Crippen molar-refractivity contribution in [1.82, 2.24) is 24.9 Å². The third-order valence-corrected chi connectivity index (χ3v) is 4.59. The molecule has 2 heterocycles. The summed E-state index contributed by atoms with van der Waals surface area (Å²) < 4.78 is 1.94. The molecular formula is C15H23N5O2. The van der Waals surface area contributed by atoms with E-state index in [4.69, 9.17) is 0 Å². The van der Waals surface area contributed by atoms with Crippen LogP contribution in [0, 0.1) is 0 Å². The summed E-state index contributed by atoms with van der Waals surface area (Å²) in [5.74, 6) is 0.0184. The van der Waals surface area contributed by atoms with Crippen molar-refractivity contribution < 1.29 is 9.59 Å². The monoisotopic (exact) mass is 305 g/mol. The largest absolute Gasteiger partial charge is 0.333 e. The summed E-state index contributed by atoms with van der Waals surface area (Å²) in [6.07, 6.45) is 7.96. The highest BCUT2D eigenvalue weighted by Gasteiger charge is 2.33. The van der Waals surface area contributed by atoms with Crippen molar-refractivity contribution in [2.24, 2.45) is 0 Å². The van der Waals surface area contributed by atoms with Crippen molar-refractivity contribution in [2.45, 2.75) is 44.7 Å². The highest BCUT2D eigenvalue weighted by molar-refractivity contribution is 5.87. The lowest BCUT2D eigenvalue weighted by atomic mass is 9.90. The van der Waals surface area contributed by atoms with Crippen molar-refractivity contribution in [2.75, 3.05) is 19.8 Å². The van der Waals surface area contributed by atoms with Gasteiger partial charge in [-0.25, -0.2) is 4.79 Å². The molecule has 0 aromatic carbocycles. The van der Waals surface area contributed by atoms with E-state index in [1.807, 2.05) is 23.9 Å². The quantitative estimate of drug-likeness (QED) is 0.912. The first-order chi connectivity index (χ1) is 10.7. The van der Waals surface area contributed by atoms with E-state index in [0.29, 0.717) is 13.2 Å². The molecule has 0 unspecified atom stereocenters. The average Bonchev–Trinajstić information content (AvgIpc) is 3.17. The van der Waals surface area contributed by atoms with Crippen LogP contribution in [0.25, 0.3) is 0 Å². The molecule has 1 aromatic rings. The number of hydrogen-bond donors (Lipinski definition) is 1. The Morgan fingerprint density at radius 3 is 2.91 bits per heavy atom. The summed E-state index contributed by atoms with van der Waals surface area (Å²) in [5, 5.41) is 7.43. The number of likely N-dealkylation sites (N-methyl/N-ethyl adjacent to an activating group) is 1. The van der Waals surface area contributed by atoms with Gasteiger partial charge < -0.3 is 10.2 Å². The average molecular weight is 305 g/mol. The molecule has 3 amide bonds. The highest BCUT2D eigenvalue weighted by atomic mass is 16.2. The van der Waals surface area contributed by atoms with E-state index < -0.39 is 0 Å². The molecule has 1 aliphatic carbocycles. The zero-order valence-corrected chi connectivity index (χ0v) is 12.9. The third kappa shape index (κ3) is 2.93. The summed E-state index contributed by atoms with van der Waals surface area (Å²) >= 11 is 0. The first kappa shape index (κ1) is 14.9. The van der Waals surface area contributed by atoms with Gasteiger partial charge in [0.1, 0.15) is 6.54 Å². The van der Waals surface area contributed by atoms with E-state index in [0.717, 1.165) is 25.7 Å². The van der Waals surface area contributed by atoms with E-state index in [-0.39, 0.29) is 30.6 Å². The summed E-state index contributed by atoms with van der Waals surface area (Å²) in [6.45, 7) is 3.13. The lowest BCUT2D eigenvalue weighted by molar-refractivity contribution is -0.126. The predicted molar refractivity (Wildman–Crippen MR) is 81.0 cm³/mol. The lowest BCUT2D eigenvalue weighted by Crippen LogP contribution is -2.48. The molecule has 2 aliphatic rings. The van der Waals surface area contributed by atoms with Crippen LogP contribution < -0.4 is 5.32 Å². The van der Waals surface area contributed by atoms with E-state index >= 15 is 0 Å². The van der Waals surface area contributed by atoms with Gasteiger partial charge in [-0.1, -0.05) is 12.8 Å². The second-order valence-corrected chi connectivity index (χ2v) is 5.98. The van der Waals surface area contributed by atoms with Crippen LogP contribution in [0.4, 0.5) is 4.79 Å². The fraction of sp³-hybridized carbons (Fsp3) is 0.667. The first-order valence-corrected chi connectivity index (χ1v) is 8.01. The molecule has 3 rings (SSSR count). The topological polar surface area (TPSA) is 70.5 Å². The van der Waals surface area contributed by atoms with Crippen LogP contribution in [0.3, 0.4) is 0 Å². The van der Waals surface area contributed by atoms with Gasteiger partial charge in [-0.05, 0) is 25.8 Å². The molecule has 0 radical (unpaired) electrons. The normalized spacial score (nSPS) is 25.6. The Bertz CT molecular complexity index is 530. The van der Waals surface area contributed by atoms with Crippen molar-refractivity contribution in [1.29, 1.82) is 0 Å². The van der Waals surface area contributed by atoms with Crippen LogP contribution in [-0.2, 0) is 4.79 Å². The second-order valence-electron chi connectivity index (χ2n) is 5.98. The van der Waals surface area contributed by atoms with Gasteiger partial charge in [0.25, 0.3) is 0 Å². The number of aromatic nitrogens is 2. The molecule has 7 heteroatoms.